The summed E-state index contributed by atoms with van der Waals surface area (Å²) in [5, 5.41) is 4.09. The van der Waals surface area contributed by atoms with Crippen molar-refractivity contribution < 1.29 is 4.74 Å². The van der Waals surface area contributed by atoms with E-state index in [1.807, 2.05) is 19.2 Å². The van der Waals surface area contributed by atoms with Gasteiger partial charge in [-0.15, -0.1) is 0 Å². The lowest BCUT2D eigenvalue weighted by Gasteiger charge is -2.23. The lowest BCUT2D eigenvalue weighted by Crippen LogP contribution is -2.32. The SMILES string of the molecule is CNC(Cc1ccc(Cl)cc1)C1=CCCCO1. The summed E-state index contributed by atoms with van der Waals surface area (Å²) in [4.78, 5) is 0. The molecule has 0 radical (unpaired) electrons. The van der Waals surface area contributed by atoms with E-state index in [9.17, 15) is 0 Å². The quantitative estimate of drug-likeness (QED) is 0.888. The van der Waals surface area contributed by atoms with Crippen LogP contribution in [0.25, 0.3) is 0 Å². The molecule has 0 fully saturated rings. The summed E-state index contributed by atoms with van der Waals surface area (Å²) in [6.45, 7) is 0.838. The van der Waals surface area contributed by atoms with Gasteiger partial charge in [-0.2, -0.15) is 0 Å². The van der Waals surface area contributed by atoms with Crippen molar-refractivity contribution in [1.82, 2.24) is 5.32 Å². The van der Waals surface area contributed by atoms with Gasteiger partial charge in [-0.3, -0.25) is 0 Å². The standard InChI is InChI=1S/C14H18ClNO/c1-16-13(14-4-2-3-9-17-14)10-11-5-7-12(15)8-6-11/h4-8,13,16H,2-3,9-10H2,1H3. The van der Waals surface area contributed by atoms with E-state index in [4.69, 9.17) is 16.3 Å². The normalized spacial score (nSPS) is 17.2. The van der Waals surface area contributed by atoms with Crippen molar-refractivity contribution in [1.29, 1.82) is 0 Å². The van der Waals surface area contributed by atoms with E-state index in [2.05, 4.69) is 23.5 Å². The van der Waals surface area contributed by atoms with Crippen LogP contribution < -0.4 is 5.32 Å². The van der Waals surface area contributed by atoms with E-state index < -0.39 is 0 Å². The Morgan fingerprint density at radius 2 is 2.12 bits per heavy atom. The van der Waals surface area contributed by atoms with E-state index in [1.165, 1.54) is 5.56 Å². The monoisotopic (exact) mass is 251 g/mol. The first-order valence-corrected chi connectivity index (χ1v) is 6.42. The minimum atomic E-state index is 0.261. The van der Waals surface area contributed by atoms with E-state index >= 15 is 0 Å². The van der Waals surface area contributed by atoms with E-state index in [0.717, 1.165) is 36.7 Å². The van der Waals surface area contributed by atoms with Crippen molar-refractivity contribution in [3.63, 3.8) is 0 Å². The molecule has 0 aliphatic carbocycles. The number of allylic oxidation sites excluding steroid dienone is 1. The largest absolute Gasteiger partial charge is 0.497 e. The topological polar surface area (TPSA) is 21.3 Å². The van der Waals surface area contributed by atoms with E-state index in [1.54, 1.807) is 0 Å². The smallest absolute Gasteiger partial charge is 0.109 e. The molecule has 2 nitrogen and oxygen atoms in total. The molecule has 0 amide bonds. The number of likely N-dealkylation sites (N-methyl/N-ethyl adjacent to an activating group) is 1. The highest BCUT2D eigenvalue weighted by Gasteiger charge is 2.16. The van der Waals surface area contributed by atoms with Crippen LogP contribution in [0.5, 0.6) is 0 Å². The van der Waals surface area contributed by atoms with Gasteiger partial charge in [-0.25, -0.2) is 0 Å². The highest BCUT2D eigenvalue weighted by atomic mass is 35.5. The van der Waals surface area contributed by atoms with Crippen molar-refractivity contribution in [3.8, 4) is 0 Å². The number of halogens is 1. The molecule has 0 saturated heterocycles. The molecule has 0 aromatic heterocycles. The molecule has 0 saturated carbocycles. The second-order valence-corrected chi connectivity index (χ2v) is 4.71. The summed E-state index contributed by atoms with van der Waals surface area (Å²) >= 11 is 5.88. The minimum Gasteiger partial charge on any atom is -0.497 e. The molecule has 1 aromatic rings. The Morgan fingerprint density at radius 3 is 2.71 bits per heavy atom. The third-order valence-corrected chi connectivity index (χ3v) is 3.26. The Kier molecular flexibility index (Phi) is 4.46. The van der Waals surface area contributed by atoms with Crippen molar-refractivity contribution in [3.05, 3.63) is 46.7 Å². The molecule has 1 N–H and O–H groups in total. The van der Waals surface area contributed by atoms with Gasteiger partial charge in [0.15, 0.2) is 0 Å². The zero-order valence-electron chi connectivity index (χ0n) is 10.1. The second kappa shape index (κ2) is 6.08. The van der Waals surface area contributed by atoms with Crippen LogP contribution in [0.2, 0.25) is 5.02 Å². The fourth-order valence-electron chi connectivity index (χ4n) is 2.02. The summed E-state index contributed by atoms with van der Waals surface area (Å²) < 4.78 is 5.70. The Hall–Kier alpha value is -0.990. The molecule has 17 heavy (non-hydrogen) atoms. The molecule has 1 aromatic carbocycles. The molecule has 92 valence electrons. The van der Waals surface area contributed by atoms with Crippen molar-refractivity contribution >= 4 is 11.6 Å². The Balaban J connectivity index is 2.04. The summed E-state index contributed by atoms with van der Waals surface area (Å²) in [5.74, 6) is 1.08. The van der Waals surface area contributed by atoms with Gasteiger partial charge in [-0.05, 0) is 50.1 Å². The van der Waals surface area contributed by atoms with Crippen LogP contribution in [0, 0.1) is 0 Å². The third-order valence-electron chi connectivity index (χ3n) is 3.01. The van der Waals surface area contributed by atoms with Gasteiger partial charge in [0.25, 0.3) is 0 Å². The molecule has 3 heteroatoms. The predicted molar refractivity (Wildman–Crippen MR) is 71.3 cm³/mol. The number of nitrogens with one attached hydrogen (secondary N) is 1. The Labute approximate surface area is 108 Å². The number of benzene rings is 1. The summed E-state index contributed by atoms with van der Waals surface area (Å²) in [6.07, 6.45) is 5.37. The van der Waals surface area contributed by atoms with Gasteiger partial charge in [-0.1, -0.05) is 23.7 Å². The lowest BCUT2D eigenvalue weighted by atomic mass is 10.0. The summed E-state index contributed by atoms with van der Waals surface area (Å²) in [7, 11) is 1.97. The molecular formula is C14H18ClNO. The van der Waals surface area contributed by atoms with Crippen molar-refractivity contribution in [2.75, 3.05) is 13.7 Å². The Morgan fingerprint density at radius 1 is 1.35 bits per heavy atom. The highest BCUT2D eigenvalue weighted by Crippen LogP contribution is 2.18. The predicted octanol–water partition coefficient (Wildman–Crippen LogP) is 3.16. The van der Waals surface area contributed by atoms with Crippen LogP contribution in [0.1, 0.15) is 18.4 Å². The van der Waals surface area contributed by atoms with E-state index in [0.29, 0.717) is 0 Å². The van der Waals surface area contributed by atoms with Crippen LogP contribution in [0.15, 0.2) is 36.1 Å². The molecule has 1 atom stereocenters. The molecule has 1 aliphatic heterocycles. The van der Waals surface area contributed by atoms with Gasteiger partial charge in [0, 0.05) is 5.02 Å². The number of hydrogen-bond acceptors (Lipinski definition) is 2. The lowest BCUT2D eigenvalue weighted by molar-refractivity contribution is 0.169. The third kappa shape index (κ3) is 3.48. The minimum absolute atomic E-state index is 0.261. The molecule has 1 heterocycles. The van der Waals surface area contributed by atoms with Gasteiger partial charge in [0.05, 0.1) is 12.6 Å². The molecule has 1 aliphatic rings. The summed E-state index contributed by atoms with van der Waals surface area (Å²) in [6, 6.07) is 8.25. The molecule has 2 rings (SSSR count). The Bertz CT molecular complexity index is 386. The van der Waals surface area contributed by atoms with Crippen molar-refractivity contribution in [2.45, 2.75) is 25.3 Å². The van der Waals surface area contributed by atoms with E-state index in [-0.39, 0.29) is 6.04 Å². The van der Waals surface area contributed by atoms with Gasteiger partial charge in [0.2, 0.25) is 0 Å². The van der Waals surface area contributed by atoms with Gasteiger partial charge < -0.3 is 10.1 Å². The molecular weight excluding hydrogens is 234 g/mol. The maximum atomic E-state index is 5.88. The van der Waals surface area contributed by atoms with Crippen LogP contribution in [0.3, 0.4) is 0 Å². The first-order valence-electron chi connectivity index (χ1n) is 6.04. The maximum Gasteiger partial charge on any atom is 0.109 e. The van der Waals surface area contributed by atoms with Crippen LogP contribution in [-0.2, 0) is 11.2 Å². The first-order chi connectivity index (χ1) is 8.29. The van der Waals surface area contributed by atoms with Crippen LogP contribution in [-0.4, -0.2) is 19.7 Å². The fourth-order valence-corrected chi connectivity index (χ4v) is 2.15. The van der Waals surface area contributed by atoms with Gasteiger partial charge >= 0.3 is 0 Å². The van der Waals surface area contributed by atoms with Crippen molar-refractivity contribution in [2.24, 2.45) is 0 Å². The maximum absolute atomic E-state index is 5.88. The average Bonchev–Trinajstić information content (AvgIpc) is 2.39. The summed E-state index contributed by atoms with van der Waals surface area (Å²) in [5.41, 5.74) is 1.27. The molecule has 1 unspecified atom stereocenters. The average molecular weight is 252 g/mol. The zero-order valence-corrected chi connectivity index (χ0v) is 10.8. The second-order valence-electron chi connectivity index (χ2n) is 4.27. The highest BCUT2D eigenvalue weighted by molar-refractivity contribution is 6.30. The number of rotatable bonds is 4. The number of ether oxygens (including phenoxy) is 1. The first kappa shape index (κ1) is 12.5. The number of hydrogen-bond donors (Lipinski definition) is 1. The zero-order chi connectivity index (χ0) is 12.1. The van der Waals surface area contributed by atoms with Gasteiger partial charge in [0.1, 0.15) is 5.76 Å². The molecule has 0 bridgehead atoms. The van der Waals surface area contributed by atoms with Crippen LogP contribution >= 0.6 is 11.6 Å². The molecule has 0 spiro atoms. The van der Waals surface area contributed by atoms with Crippen LogP contribution in [0.4, 0.5) is 0 Å². The fraction of sp³-hybridized carbons (Fsp3) is 0.429.